The van der Waals surface area contributed by atoms with Crippen LogP contribution in [0.1, 0.15) is 26.2 Å². The average Bonchev–Trinajstić information content (AvgIpc) is 2.83. The maximum atomic E-state index is 13.6. The maximum Gasteiger partial charge on any atom is 0.253 e. The van der Waals surface area contributed by atoms with Crippen LogP contribution in [0.5, 0.6) is 0 Å². The van der Waals surface area contributed by atoms with Gasteiger partial charge in [0.15, 0.2) is 0 Å². The lowest BCUT2D eigenvalue weighted by Gasteiger charge is -2.05. The van der Waals surface area contributed by atoms with E-state index in [-0.39, 0.29) is 11.5 Å². The van der Waals surface area contributed by atoms with Crippen LogP contribution in [0.3, 0.4) is 0 Å². The molecule has 0 fully saturated rings. The minimum atomic E-state index is -0.707. The van der Waals surface area contributed by atoms with Crippen LogP contribution in [0.15, 0.2) is 22.6 Å². The molecule has 0 aliphatic rings. The van der Waals surface area contributed by atoms with E-state index in [1.807, 2.05) is 0 Å². The van der Waals surface area contributed by atoms with Crippen LogP contribution in [0.25, 0.3) is 11.5 Å². The van der Waals surface area contributed by atoms with Gasteiger partial charge in [-0.3, -0.25) is 0 Å². The van der Waals surface area contributed by atoms with Crippen LogP contribution >= 0.6 is 0 Å². The molecule has 0 spiro atoms. The van der Waals surface area contributed by atoms with Gasteiger partial charge in [0.05, 0.1) is 0 Å². The van der Waals surface area contributed by atoms with E-state index in [0.29, 0.717) is 18.4 Å². The summed E-state index contributed by atoms with van der Waals surface area (Å²) in [6.07, 6.45) is 1.39. The number of nitrogens with zero attached hydrogens (tertiary/aromatic N) is 2. The summed E-state index contributed by atoms with van der Waals surface area (Å²) < 4.78 is 32.4. The van der Waals surface area contributed by atoms with Crippen molar-refractivity contribution in [2.75, 3.05) is 6.54 Å². The Morgan fingerprint density at radius 1 is 1.20 bits per heavy atom. The van der Waals surface area contributed by atoms with Gasteiger partial charge in [-0.2, -0.15) is 0 Å². The summed E-state index contributed by atoms with van der Waals surface area (Å²) >= 11 is 0. The summed E-state index contributed by atoms with van der Waals surface area (Å²) in [5.74, 6) is -1.15. The number of aromatic nitrogens is 2. The van der Waals surface area contributed by atoms with Gasteiger partial charge < -0.3 is 9.73 Å². The van der Waals surface area contributed by atoms with E-state index in [4.69, 9.17) is 4.42 Å². The lowest BCUT2D eigenvalue weighted by molar-refractivity contribution is 0.477. The molecule has 0 atom stereocenters. The fourth-order valence-corrected chi connectivity index (χ4v) is 1.79. The molecule has 0 amide bonds. The molecule has 0 bridgehead atoms. The van der Waals surface area contributed by atoms with Gasteiger partial charge in [-0.1, -0.05) is 19.9 Å². The van der Waals surface area contributed by atoms with Gasteiger partial charge in [0.2, 0.25) is 5.89 Å². The van der Waals surface area contributed by atoms with Crippen molar-refractivity contribution in [3.8, 4) is 11.5 Å². The quantitative estimate of drug-likeness (QED) is 0.827. The minimum absolute atomic E-state index is 0.118. The highest BCUT2D eigenvalue weighted by atomic mass is 19.1. The summed E-state index contributed by atoms with van der Waals surface area (Å²) in [6.45, 7) is 4.95. The first-order chi connectivity index (χ1) is 9.58. The number of nitrogens with one attached hydrogen (secondary N) is 1. The Bertz CT molecular complexity index is 549. The van der Waals surface area contributed by atoms with Crippen molar-refractivity contribution >= 4 is 0 Å². The molecule has 2 rings (SSSR count). The summed E-state index contributed by atoms with van der Waals surface area (Å²) in [7, 11) is 0. The van der Waals surface area contributed by atoms with Crippen molar-refractivity contribution in [3.05, 3.63) is 35.7 Å². The van der Waals surface area contributed by atoms with Gasteiger partial charge in [0.1, 0.15) is 17.2 Å². The van der Waals surface area contributed by atoms with Crippen LogP contribution < -0.4 is 5.32 Å². The van der Waals surface area contributed by atoms with Gasteiger partial charge in [0.25, 0.3) is 5.89 Å². The van der Waals surface area contributed by atoms with Crippen molar-refractivity contribution < 1.29 is 13.2 Å². The first-order valence-corrected chi connectivity index (χ1v) is 6.58. The number of halogens is 2. The fourth-order valence-electron chi connectivity index (χ4n) is 1.79. The molecule has 4 nitrogen and oxygen atoms in total. The third-order valence-electron chi connectivity index (χ3n) is 2.76. The highest BCUT2D eigenvalue weighted by Gasteiger charge is 2.17. The molecule has 1 N–H and O–H groups in total. The zero-order valence-electron chi connectivity index (χ0n) is 11.5. The van der Waals surface area contributed by atoms with Gasteiger partial charge in [-0.25, -0.2) is 8.78 Å². The van der Waals surface area contributed by atoms with E-state index >= 15 is 0 Å². The first kappa shape index (κ1) is 14.6. The summed E-state index contributed by atoms with van der Waals surface area (Å²) in [5.41, 5.74) is -0.272. The highest BCUT2D eigenvalue weighted by Crippen LogP contribution is 2.24. The van der Waals surface area contributed by atoms with Gasteiger partial charge in [0, 0.05) is 12.5 Å². The lowest BCUT2D eigenvalue weighted by Crippen LogP contribution is -2.23. The SMILES string of the molecule is CC(C)NCCCc1nnc(-c2c(F)cccc2F)o1. The van der Waals surface area contributed by atoms with Gasteiger partial charge >= 0.3 is 0 Å². The van der Waals surface area contributed by atoms with Crippen molar-refractivity contribution in [1.29, 1.82) is 0 Å². The third kappa shape index (κ3) is 3.60. The smallest absolute Gasteiger partial charge is 0.253 e. The first-order valence-electron chi connectivity index (χ1n) is 6.58. The van der Waals surface area contributed by atoms with Crippen molar-refractivity contribution in [3.63, 3.8) is 0 Å². The topological polar surface area (TPSA) is 51.0 Å². The van der Waals surface area contributed by atoms with E-state index in [1.165, 1.54) is 6.07 Å². The molecule has 1 aromatic heterocycles. The Kier molecular flexibility index (Phi) is 4.79. The van der Waals surface area contributed by atoms with Crippen LogP contribution in [0.4, 0.5) is 8.78 Å². The lowest BCUT2D eigenvalue weighted by atomic mass is 10.2. The van der Waals surface area contributed by atoms with Crippen LogP contribution in [-0.4, -0.2) is 22.8 Å². The molecule has 20 heavy (non-hydrogen) atoms. The zero-order valence-corrected chi connectivity index (χ0v) is 11.5. The van der Waals surface area contributed by atoms with Crippen LogP contribution in [0.2, 0.25) is 0 Å². The van der Waals surface area contributed by atoms with E-state index in [0.717, 1.165) is 25.1 Å². The number of aryl methyl sites for hydroxylation is 1. The molecule has 1 heterocycles. The molecule has 6 heteroatoms. The second-order valence-corrected chi connectivity index (χ2v) is 4.81. The molecule has 0 aliphatic carbocycles. The number of rotatable bonds is 6. The largest absolute Gasteiger partial charge is 0.420 e. The normalized spacial score (nSPS) is 11.2. The van der Waals surface area contributed by atoms with Crippen molar-refractivity contribution in [1.82, 2.24) is 15.5 Å². The molecular formula is C14H17F2N3O. The molecule has 0 radical (unpaired) electrons. The number of hydrogen-bond donors (Lipinski definition) is 1. The number of benzene rings is 1. The second-order valence-electron chi connectivity index (χ2n) is 4.81. The molecule has 2 aromatic rings. The molecule has 1 aromatic carbocycles. The highest BCUT2D eigenvalue weighted by molar-refractivity contribution is 5.54. The Hall–Kier alpha value is -1.82. The van der Waals surface area contributed by atoms with Gasteiger partial charge in [-0.05, 0) is 25.1 Å². The minimum Gasteiger partial charge on any atom is -0.420 e. The van der Waals surface area contributed by atoms with Crippen molar-refractivity contribution in [2.45, 2.75) is 32.7 Å². The summed E-state index contributed by atoms with van der Waals surface area (Å²) in [5, 5.41) is 10.8. The summed E-state index contributed by atoms with van der Waals surface area (Å²) in [6, 6.07) is 4.04. The Morgan fingerprint density at radius 3 is 2.55 bits per heavy atom. The zero-order chi connectivity index (χ0) is 14.5. The van der Waals surface area contributed by atoms with Crippen LogP contribution in [-0.2, 0) is 6.42 Å². The van der Waals surface area contributed by atoms with E-state index in [1.54, 1.807) is 0 Å². The monoisotopic (exact) mass is 281 g/mol. The Labute approximate surface area is 116 Å². The standard InChI is InChI=1S/C14H17F2N3O/c1-9(2)17-8-4-7-12-18-19-14(20-12)13-10(15)5-3-6-11(13)16/h3,5-6,9,17H,4,7-8H2,1-2H3. The molecule has 0 saturated carbocycles. The third-order valence-corrected chi connectivity index (χ3v) is 2.76. The Morgan fingerprint density at radius 2 is 1.90 bits per heavy atom. The molecule has 0 saturated heterocycles. The Balaban J connectivity index is 2.02. The summed E-state index contributed by atoms with van der Waals surface area (Å²) in [4.78, 5) is 0. The second kappa shape index (κ2) is 6.56. The van der Waals surface area contributed by atoms with Gasteiger partial charge in [-0.15, -0.1) is 10.2 Å². The number of hydrogen-bond acceptors (Lipinski definition) is 4. The predicted molar refractivity (Wildman–Crippen MR) is 71.1 cm³/mol. The average molecular weight is 281 g/mol. The molecule has 108 valence electrons. The molecular weight excluding hydrogens is 264 g/mol. The van der Waals surface area contributed by atoms with Crippen molar-refractivity contribution in [2.24, 2.45) is 0 Å². The maximum absolute atomic E-state index is 13.6. The van der Waals surface area contributed by atoms with E-state index in [9.17, 15) is 8.78 Å². The molecule has 0 aliphatic heterocycles. The molecule has 0 unspecified atom stereocenters. The fraction of sp³-hybridized carbons (Fsp3) is 0.429. The van der Waals surface area contributed by atoms with E-state index in [2.05, 4.69) is 29.4 Å². The van der Waals surface area contributed by atoms with E-state index < -0.39 is 11.6 Å². The van der Waals surface area contributed by atoms with Crippen LogP contribution in [0, 0.1) is 11.6 Å². The predicted octanol–water partition coefficient (Wildman–Crippen LogP) is 2.95.